The molecule has 0 atom stereocenters. The van der Waals surface area contributed by atoms with Gasteiger partial charge in [0.2, 0.25) is 0 Å². The maximum absolute atomic E-state index is 11.4. The number of Topliss-reactive ketones (excluding diaryl/α,β-unsaturated/α-hetero) is 1. The summed E-state index contributed by atoms with van der Waals surface area (Å²) in [6, 6.07) is 9.52. The van der Waals surface area contributed by atoms with Crippen LogP contribution >= 0.6 is 0 Å². The Morgan fingerprint density at radius 1 is 1.33 bits per heavy atom. The van der Waals surface area contributed by atoms with Gasteiger partial charge < -0.3 is 0 Å². The molecule has 2 heteroatoms. The fraction of sp³-hybridized carbons (Fsp3) is 0.300. The molecule has 0 saturated heterocycles. The fourth-order valence-electron chi connectivity index (χ4n) is 0.902. The summed E-state index contributed by atoms with van der Waals surface area (Å²) in [5.41, 5.74) is 0.854. The zero-order chi connectivity index (χ0) is 8.81. The summed E-state index contributed by atoms with van der Waals surface area (Å²) in [4.78, 5) is 11.4. The van der Waals surface area contributed by atoms with Crippen molar-refractivity contribution in [3.05, 3.63) is 35.9 Å². The molecule has 0 amide bonds. The normalized spacial score (nSPS) is 9.75. The molecule has 0 unspecified atom stereocenters. The molecular weight excluding hydrogens is 215 g/mol. The molecule has 0 bridgehead atoms. The number of carbonyl (C=O) groups excluding carboxylic acids is 1. The molecule has 0 heterocycles. The van der Waals surface area contributed by atoms with E-state index >= 15 is 0 Å². The summed E-state index contributed by atoms with van der Waals surface area (Å²) >= 11 is 0.493. The Labute approximate surface area is 79.3 Å². The Bertz CT molecular complexity index is 243. The molecule has 0 fully saturated rings. The number of benzene rings is 1. The van der Waals surface area contributed by atoms with Crippen molar-refractivity contribution >= 4 is 20.7 Å². The number of hydrogen-bond acceptors (Lipinski definition) is 1. The Kier molecular flexibility index (Phi) is 4.06. The van der Waals surface area contributed by atoms with Crippen LogP contribution in [0.4, 0.5) is 0 Å². The first kappa shape index (κ1) is 9.50. The molecule has 0 aliphatic heterocycles. The van der Waals surface area contributed by atoms with Gasteiger partial charge in [-0.05, 0) is 0 Å². The Morgan fingerprint density at radius 2 is 2.00 bits per heavy atom. The molecule has 12 heavy (non-hydrogen) atoms. The molecule has 0 saturated carbocycles. The molecule has 64 valence electrons. The average Bonchev–Trinajstić information content (AvgIpc) is 2.15. The third kappa shape index (κ3) is 2.80. The third-order valence-electron chi connectivity index (χ3n) is 1.53. The van der Waals surface area contributed by atoms with Gasteiger partial charge in [-0.15, -0.1) is 0 Å². The van der Waals surface area contributed by atoms with Crippen LogP contribution in [0.25, 0.3) is 0 Å². The quantitative estimate of drug-likeness (QED) is 0.570. The summed E-state index contributed by atoms with van der Waals surface area (Å²) < 4.78 is 0. The first-order chi connectivity index (χ1) is 5.84. The van der Waals surface area contributed by atoms with Crippen molar-refractivity contribution in [2.75, 3.05) is 0 Å². The number of carbonyl (C=O) groups is 1. The molecule has 1 nitrogen and oxygen atoms in total. The van der Waals surface area contributed by atoms with E-state index in [1.54, 1.807) is 0 Å². The van der Waals surface area contributed by atoms with Crippen LogP contribution in [-0.2, 0) is 0 Å². The molecular formula is C10H12OSe. The molecule has 1 aromatic carbocycles. The standard InChI is InChI=1S/C10H12OSe/c1-2-12-8-10(11)9-6-4-3-5-7-9/h3-7H,2,8H2,1H3. The van der Waals surface area contributed by atoms with E-state index in [1.165, 1.54) is 0 Å². The summed E-state index contributed by atoms with van der Waals surface area (Å²) in [5, 5.41) is 1.89. The van der Waals surface area contributed by atoms with Crippen LogP contribution in [0.1, 0.15) is 17.3 Å². The van der Waals surface area contributed by atoms with Crippen LogP contribution in [0, 0.1) is 0 Å². The molecule has 0 N–H and O–H groups in total. The fourth-order valence-corrected chi connectivity index (χ4v) is 2.07. The second kappa shape index (κ2) is 5.13. The van der Waals surface area contributed by atoms with E-state index in [4.69, 9.17) is 0 Å². The van der Waals surface area contributed by atoms with E-state index in [-0.39, 0.29) is 5.78 Å². The van der Waals surface area contributed by atoms with E-state index in [0.29, 0.717) is 15.0 Å². The minimum atomic E-state index is 0.289. The zero-order valence-electron chi connectivity index (χ0n) is 7.12. The van der Waals surface area contributed by atoms with E-state index in [9.17, 15) is 4.79 Å². The van der Waals surface area contributed by atoms with E-state index in [2.05, 4.69) is 6.92 Å². The summed E-state index contributed by atoms with van der Waals surface area (Å²) in [5.74, 6) is 0.289. The second-order valence-corrected chi connectivity index (χ2v) is 5.10. The summed E-state index contributed by atoms with van der Waals surface area (Å²) in [6.45, 7) is 2.12. The van der Waals surface area contributed by atoms with Gasteiger partial charge in [-0.1, -0.05) is 0 Å². The third-order valence-corrected chi connectivity index (χ3v) is 3.37. The van der Waals surface area contributed by atoms with E-state index < -0.39 is 0 Å². The van der Waals surface area contributed by atoms with E-state index in [0.717, 1.165) is 16.2 Å². The van der Waals surface area contributed by atoms with Crippen LogP contribution in [0.3, 0.4) is 0 Å². The Balaban J connectivity index is 2.54. The number of ketones is 1. The molecule has 0 aliphatic rings. The zero-order valence-corrected chi connectivity index (χ0v) is 8.83. The molecule has 1 aromatic rings. The van der Waals surface area contributed by atoms with Gasteiger partial charge in [0.25, 0.3) is 0 Å². The Morgan fingerprint density at radius 3 is 2.58 bits per heavy atom. The number of rotatable bonds is 4. The van der Waals surface area contributed by atoms with Crippen molar-refractivity contribution in [1.82, 2.24) is 0 Å². The SMILES string of the molecule is CC[Se]CC(=O)c1ccccc1. The molecule has 1 rings (SSSR count). The first-order valence-electron chi connectivity index (χ1n) is 4.00. The number of hydrogen-bond donors (Lipinski definition) is 0. The predicted molar refractivity (Wildman–Crippen MR) is 51.8 cm³/mol. The molecule has 0 radical (unpaired) electrons. The summed E-state index contributed by atoms with van der Waals surface area (Å²) in [6.07, 6.45) is 0. The molecule has 0 aromatic heterocycles. The summed E-state index contributed by atoms with van der Waals surface area (Å²) in [7, 11) is 0. The van der Waals surface area contributed by atoms with Crippen molar-refractivity contribution in [3.63, 3.8) is 0 Å². The van der Waals surface area contributed by atoms with Crippen LogP contribution in [0.2, 0.25) is 10.6 Å². The van der Waals surface area contributed by atoms with Gasteiger partial charge in [-0.25, -0.2) is 0 Å². The van der Waals surface area contributed by atoms with Gasteiger partial charge in [-0.3, -0.25) is 0 Å². The van der Waals surface area contributed by atoms with Crippen molar-refractivity contribution in [2.45, 2.75) is 17.6 Å². The van der Waals surface area contributed by atoms with Crippen LogP contribution in [-0.4, -0.2) is 20.7 Å². The predicted octanol–water partition coefficient (Wildman–Crippen LogP) is 2.43. The monoisotopic (exact) mass is 228 g/mol. The Hall–Kier alpha value is -0.591. The topological polar surface area (TPSA) is 17.1 Å². The van der Waals surface area contributed by atoms with Crippen LogP contribution < -0.4 is 0 Å². The second-order valence-electron chi connectivity index (χ2n) is 2.43. The van der Waals surface area contributed by atoms with Crippen molar-refractivity contribution in [1.29, 1.82) is 0 Å². The van der Waals surface area contributed by atoms with Crippen LogP contribution in [0.5, 0.6) is 0 Å². The van der Waals surface area contributed by atoms with Gasteiger partial charge in [0.15, 0.2) is 0 Å². The van der Waals surface area contributed by atoms with Crippen LogP contribution in [0.15, 0.2) is 30.3 Å². The molecule has 0 spiro atoms. The van der Waals surface area contributed by atoms with E-state index in [1.807, 2.05) is 30.3 Å². The van der Waals surface area contributed by atoms with Gasteiger partial charge in [-0.2, -0.15) is 0 Å². The van der Waals surface area contributed by atoms with Crippen molar-refractivity contribution in [3.8, 4) is 0 Å². The van der Waals surface area contributed by atoms with Crippen molar-refractivity contribution in [2.24, 2.45) is 0 Å². The van der Waals surface area contributed by atoms with Gasteiger partial charge in [0, 0.05) is 0 Å². The molecule has 0 aliphatic carbocycles. The first-order valence-corrected chi connectivity index (χ1v) is 6.43. The van der Waals surface area contributed by atoms with Gasteiger partial charge >= 0.3 is 79.0 Å². The maximum atomic E-state index is 11.4. The van der Waals surface area contributed by atoms with Gasteiger partial charge in [0.1, 0.15) is 0 Å². The van der Waals surface area contributed by atoms with Crippen molar-refractivity contribution < 1.29 is 4.79 Å². The van der Waals surface area contributed by atoms with Gasteiger partial charge in [0.05, 0.1) is 0 Å². The average molecular weight is 227 g/mol. The minimum absolute atomic E-state index is 0.289.